The zero-order chi connectivity index (χ0) is 17.7. The van der Waals surface area contributed by atoms with Gasteiger partial charge in [-0.05, 0) is 32.9 Å². The molecular weight excluding hydrogens is 346 g/mol. The largest absolute Gasteiger partial charge is 0.351 e. The molecule has 1 saturated heterocycles. The Labute approximate surface area is 145 Å². The Kier molecular flexibility index (Phi) is 4.08. The molecule has 1 amide bonds. The summed E-state index contributed by atoms with van der Waals surface area (Å²) in [5.41, 5.74) is 0.278. The lowest BCUT2D eigenvalue weighted by Crippen LogP contribution is -2.56. The lowest BCUT2D eigenvalue weighted by molar-refractivity contribution is -0.127. The lowest BCUT2D eigenvalue weighted by Gasteiger charge is -2.39. The van der Waals surface area contributed by atoms with Crippen molar-refractivity contribution in [2.45, 2.75) is 31.2 Å². The first-order valence-corrected chi connectivity index (χ1v) is 10.4. The number of nitrogens with one attached hydrogen (secondary N) is 1. The van der Waals surface area contributed by atoms with Gasteiger partial charge in [0.1, 0.15) is 5.52 Å². The maximum absolute atomic E-state index is 12.1. The smallest absolute Gasteiger partial charge is 0.227 e. The fourth-order valence-electron chi connectivity index (χ4n) is 2.62. The van der Waals surface area contributed by atoms with Crippen molar-refractivity contribution in [2.24, 2.45) is 5.92 Å². The van der Waals surface area contributed by atoms with Crippen LogP contribution < -0.4 is 10.2 Å². The van der Waals surface area contributed by atoms with E-state index in [1.54, 1.807) is 12.1 Å². The van der Waals surface area contributed by atoms with E-state index < -0.39 is 9.84 Å². The predicted molar refractivity (Wildman–Crippen MR) is 96.3 cm³/mol. The molecular formula is C16H21N3O3S2. The standard InChI is InChI=1S/C16H21N3O3S2/c1-16(2,3)18-14(20)10-8-19(9-10)15-17-13-11(23-15)6-5-7-12(13)24(4,21)22/h5-7,10H,8-9H2,1-4H3,(H,18,20). The third-order valence-electron chi connectivity index (χ3n) is 3.79. The first-order chi connectivity index (χ1) is 11.0. The average molecular weight is 367 g/mol. The van der Waals surface area contributed by atoms with Gasteiger partial charge in [-0.2, -0.15) is 0 Å². The minimum absolute atomic E-state index is 0.0504. The number of hydrogen-bond donors (Lipinski definition) is 1. The summed E-state index contributed by atoms with van der Waals surface area (Å²) in [5.74, 6) is 0.00213. The molecule has 0 unspecified atom stereocenters. The molecule has 0 bridgehead atoms. The van der Waals surface area contributed by atoms with Crippen LogP contribution in [0.2, 0.25) is 0 Å². The fourth-order valence-corrected chi connectivity index (χ4v) is 4.53. The number of carbonyl (C=O) groups is 1. The van der Waals surface area contributed by atoms with Crippen molar-refractivity contribution in [1.29, 1.82) is 0 Å². The minimum Gasteiger partial charge on any atom is -0.351 e. The second-order valence-corrected chi connectivity index (χ2v) is 10.2. The van der Waals surface area contributed by atoms with Crippen LogP contribution >= 0.6 is 11.3 Å². The van der Waals surface area contributed by atoms with E-state index in [-0.39, 0.29) is 22.3 Å². The predicted octanol–water partition coefficient (Wildman–Crippen LogP) is 2.05. The minimum atomic E-state index is -3.31. The highest BCUT2D eigenvalue weighted by atomic mass is 32.2. The molecule has 24 heavy (non-hydrogen) atoms. The molecule has 0 atom stereocenters. The van der Waals surface area contributed by atoms with Crippen LogP contribution in [0.3, 0.4) is 0 Å². The summed E-state index contributed by atoms with van der Waals surface area (Å²) in [6.07, 6.45) is 1.19. The number of thiazole rings is 1. The Morgan fingerprint density at radius 3 is 2.58 bits per heavy atom. The van der Waals surface area contributed by atoms with Crippen molar-refractivity contribution in [1.82, 2.24) is 10.3 Å². The van der Waals surface area contributed by atoms with Gasteiger partial charge in [0.2, 0.25) is 5.91 Å². The van der Waals surface area contributed by atoms with E-state index in [4.69, 9.17) is 0 Å². The molecule has 0 aliphatic carbocycles. The van der Waals surface area contributed by atoms with E-state index >= 15 is 0 Å². The number of hydrogen-bond acceptors (Lipinski definition) is 6. The fraction of sp³-hybridized carbons (Fsp3) is 0.500. The summed E-state index contributed by atoms with van der Waals surface area (Å²) in [6, 6.07) is 5.18. The van der Waals surface area contributed by atoms with Gasteiger partial charge in [-0.3, -0.25) is 4.79 Å². The van der Waals surface area contributed by atoms with E-state index in [9.17, 15) is 13.2 Å². The molecule has 0 radical (unpaired) electrons. The number of rotatable bonds is 3. The number of benzene rings is 1. The van der Waals surface area contributed by atoms with E-state index in [2.05, 4.69) is 10.3 Å². The molecule has 1 aliphatic heterocycles. The molecule has 0 saturated carbocycles. The number of carbonyl (C=O) groups excluding carboxylic acids is 1. The number of anilines is 1. The van der Waals surface area contributed by atoms with E-state index in [1.165, 1.54) is 17.6 Å². The molecule has 3 rings (SSSR count). The molecule has 1 aromatic heterocycles. The van der Waals surface area contributed by atoms with E-state index in [1.807, 2.05) is 31.7 Å². The second kappa shape index (κ2) is 5.70. The summed E-state index contributed by atoms with van der Waals surface area (Å²) in [6.45, 7) is 7.09. The SMILES string of the molecule is CC(C)(C)NC(=O)C1CN(c2nc3c(S(C)(=O)=O)cccc3s2)C1. The van der Waals surface area contributed by atoms with Crippen LogP contribution in [-0.2, 0) is 14.6 Å². The van der Waals surface area contributed by atoms with Gasteiger partial charge in [0.15, 0.2) is 15.0 Å². The maximum Gasteiger partial charge on any atom is 0.227 e. The van der Waals surface area contributed by atoms with Gasteiger partial charge in [0.05, 0.1) is 15.5 Å². The van der Waals surface area contributed by atoms with Crippen LogP contribution in [0.1, 0.15) is 20.8 Å². The normalized spacial score (nSPS) is 16.2. The molecule has 1 N–H and O–H groups in total. The molecule has 0 spiro atoms. The molecule has 130 valence electrons. The zero-order valence-corrected chi connectivity index (χ0v) is 15.8. The Balaban J connectivity index is 1.78. The second-order valence-electron chi connectivity index (χ2n) is 7.21. The topological polar surface area (TPSA) is 79.4 Å². The third kappa shape index (κ3) is 3.39. The summed E-state index contributed by atoms with van der Waals surface area (Å²) in [7, 11) is -3.31. The van der Waals surface area contributed by atoms with Crippen molar-refractivity contribution in [3.63, 3.8) is 0 Å². The van der Waals surface area contributed by atoms with Crippen molar-refractivity contribution in [3.8, 4) is 0 Å². The van der Waals surface area contributed by atoms with Crippen LogP contribution in [-0.4, -0.2) is 44.2 Å². The number of aromatic nitrogens is 1. The van der Waals surface area contributed by atoms with Crippen LogP contribution in [0.4, 0.5) is 5.13 Å². The van der Waals surface area contributed by atoms with Crippen LogP contribution in [0, 0.1) is 5.92 Å². The molecule has 1 aliphatic rings. The highest BCUT2D eigenvalue weighted by Crippen LogP contribution is 2.35. The molecule has 1 fully saturated rings. The van der Waals surface area contributed by atoms with Crippen LogP contribution in [0.15, 0.2) is 23.1 Å². The van der Waals surface area contributed by atoms with Gasteiger partial charge < -0.3 is 10.2 Å². The van der Waals surface area contributed by atoms with Gasteiger partial charge in [0.25, 0.3) is 0 Å². The number of fused-ring (bicyclic) bond motifs is 1. The van der Waals surface area contributed by atoms with Gasteiger partial charge >= 0.3 is 0 Å². The molecule has 2 heterocycles. The average Bonchev–Trinajstić information content (AvgIpc) is 2.75. The molecule has 8 heteroatoms. The van der Waals surface area contributed by atoms with Gasteiger partial charge in [-0.15, -0.1) is 0 Å². The third-order valence-corrected chi connectivity index (χ3v) is 6.00. The van der Waals surface area contributed by atoms with Crippen LogP contribution in [0.25, 0.3) is 10.2 Å². The highest BCUT2D eigenvalue weighted by Gasteiger charge is 2.35. The van der Waals surface area contributed by atoms with Crippen molar-refractivity contribution >= 4 is 42.4 Å². The first kappa shape index (κ1) is 17.2. The van der Waals surface area contributed by atoms with Gasteiger partial charge in [-0.25, -0.2) is 13.4 Å². The van der Waals surface area contributed by atoms with Gasteiger partial charge in [0, 0.05) is 24.9 Å². The number of nitrogens with zero attached hydrogens (tertiary/aromatic N) is 2. The molecule has 6 nitrogen and oxygen atoms in total. The number of amides is 1. The van der Waals surface area contributed by atoms with Crippen molar-refractivity contribution in [3.05, 3.63) is 18.2 Å². The Bertz CT molecular complexity index is 891. The number of para-hydroxylation sites is 1. The zero-order valence-electron chi connectivity index (χ0n) is 14.2. The van der Waals surface area contributed by atoms with Crippen molar-refractivity contribution in [2.75, 3.05) is 24.2 Å². The quantitative estimate of drug-likeness (QED) is 0.898. The highest BCUT2D eigenvalue weighted by molar-refractivity contribution is 7.91. The summed E-state index contributed by atoms with van der Waals surface area (Å²) in [4.78, 5) is 18.9. The lowest BCUT2D eigenvalue weighted by atomic mass is 9.98. The summed E-state index contributed by atoms with van der Waals surface area (Å²) in [5, 5.41) is 3.75. The molecule has 2 aromatic rings. The molecule has 1 aromatic carbocycles. The van der Waals surface area contributed by atoms with Crippen molar-refractivity contribution < 1.29 is 13.2 Å². The maximum atomic E-state index is 12.1. The van der Waals surface area contributed by atoms with E-state index in [0.717, 1.165) is 9.83 Å². The monoisotopic (exact) mass is 367 g/mol. The van der Waals surface area contributed by atoms with Gasteiger partial charge in [-0.1, -0.05) is 17.4 Å². The van der Waals surface area contributed by atoms with Crippen LogP contribution in [0.5, 0.6) is 0 Å². The Morgan fingerprint density at radius 2 is 2.00 bits per heavy atom. The summed E-state index contributed by atoms with van der Waals surface area (Å²) < 4.78 is 24.6. The summed E-state index contributed by atoms with van der Waals surface area (Å²) >= 11 is 1.46. The Hall–Kier alpha value is -1.67. The number of sulfone groups is 1. The Morgan fingerprint density at radius 1 is 1.33 bits per heavy atom. The van der Waals surface area contributed by atoms with E-state index in [0.29, 0.717) is 18.6 Å². The first-order valence-electron chi connectivity index (χ1n) is 7.71.